The summed E-state index contributed by atoms with van der Waals surface area (Å²) in [4.78, 5) is 16.0. The van der Waals surface area contributed by atoms with Gasteiger partial charge >= 0.3 is 0 Å². The molecule has 4 nitrogen and oxygen atoms in total. The van der Waals surface area contributed by atoms with Gasteiger partial charge < -0.3 is 11.1 Å². The number of benzene rings is 1. The van der Waals surface area contributed by atoms with E-state index in [1.165, 1.54) is 0 Å². The summed E-state index contributed by atoms with van der Waals surface area (Å²) in [5.74, 6) is -0.233. The molecule has 0 aliphatic carbocycles. The van der Waals surface area contributed by atoms with Crippen molar-refractivity contribution in [1.29, 1.82) is 0 Å². The lowest BCUT2D eigenvalue weighted by Gasteiger charge is -2.09. The number of rotatable bonds is 2. The first-order chi connectivity index (χ1) is 8.58. The van der Waals surface area contributed by atoms with Gasteiger partial charge in [0.05, 0.1) is 15.7 Å². The van der Waals surface area contributed by atoms with E-state index in [0.29, 0.717) is 16.9 Å². The predicted octanol–water partition coefficient (Wildman–Crippen LogP) is 2.99. The smallest absolute Gasteiger partial charge is 0.257 e. The lowest BCUT2D eigenvalue weighted by Crippen LogP contribution is -2.14. The fraction of sp³-hybridized carbons (Fsp3) is 0.0769. The Balaban J connectivity index is 2.28. The molecule has 2 aromatic rings. The van der Waals surface area contributed by atoms with Crippen LogP contribution >= 0.6 is 15.9 Å². The molecule has 0 saturated heterocycles. The number of anilines is 2. The fourth-order valence-electron chi connectivity index (χ4n) is 1.53. The Kier molecular flexibility index (Phi) is 3.62. The molecule has 0 fully saturated rings. The molecule has 1 aromatic carbocycles. The highest BCUT2D eigenvalue weighted by molar-refractivity contribution is 9.10. The van der Waals surface area contributed by atoms with Crippen LogP contribution in [0.5, 0.6) is 0 Å². The van der Waals surface area contributed by atoms with Crippen molar-refractivity contribution in [3.63, 3.8) is 0 Å². The number of pyridine rings is 1. The van der Waals surface area contributed by atoms with E-state index in [9.17, 15) is 4.79 Å². The van der Waals surface area contributed by atoms with Gasteiger partial charge in [0.1, 0.15) is 0 Å². The van der Waals surface area contributed by atoms with Crippen LogP contribution < -0.4 is 11.1 Å². The Morgan fingerprint density at radius 2 is 2.17 bits per heavy atom. The second-order valence-corrected chi connectivity index (χ2v) is 4.75. The van der Waals surface area contributed by atoms with Gasteiger partial charge in [-0.15, -0.1) is 0 Å². The van der Waals surface area contributed by atoms with Crippen molar-refractivity contribution in [1.82, 2.24) is 4.98 Å². The van der Waals surface area contributed by atoms with Crippen LogP contribution in [-0.2, 0) is 0 Å². The number of nitrogen functional groups attached to an aromatic ring is 1. The topological polar surface area (TPSA) is 68.0 Å². The number of nitrogens with zero attached hydrogens (tertiary/aromatic N) is 1. The van der Waals surface area contributed by atoms with Gasteiger partial charge in [-0.05, 0) is 41.1 Å². The third-order valence-corrected chi connectivity index (χ3v) is 3.11. The van der Waals surface area contributed by atoms with Crippen LogP contribution in [0.2, 0.25) is 0 Å². The van der Waals surface area contributed by atoms with Crippen LogP contribution in [0.1, 0.15) is 15.9 Å². The van der Waals surface area contributed by atoms with Crippen LogP contribution in [0.4, 0.5) is 11.4 Å². The van der Waals surface area contributed by atoms with E-state index in [-0.39, 0.29) is 5.91 Å². The van der Waals surface area contributed by atoms with Gasteiger partial charge in [-0.2, -0.15) is 0 Å². The summed E-state index contributed by atoms with van der Waals surface area (Å²) in [6.45, 7) is 1.92. The number of carbonyl (C=O) groups is 1. The van der Waals surface area contributed by atoms with Gasteiger partial charge in [-0.1, -0.05) is 11.6 Å². The lowest BCUT2D eigenvalue weighted by molar-refractivity contribution is 0.102. The van der Waals surface area contributed by atoms with Crippen molar-refractivity contribution in [2.45, 2.75) is 6.92 Å². The van der Waals surface area contributed by atoms with Crippen molar-refractivity contribution in [2.24, 2.45) is 0 Å². The van der Waals surface area contributed by atoms with E-state index >= 15 is 0 Å². The van der Waals surface area contributed by atoms with Crippen molar-refractivity contribution >= 4 is 33.2 Å². The molecular formula is C13H12BrN3O. The molecule has 0 atom stereocenters. The first-order valence-corrected chi connectivity index (χ1v) is 6.14. The zero-order valence-electron chi connectivity index (χ0n) is 9.77. The molecular weight excluding hydrogens is 294 g/mol. The van der Waals surface area contributed by atoms with Gasteiger partial charge in [0.2, 0.25) is 0 Å². The first kappa shape index (κ1) is 12.6. The molecule has 18 heavy (non-hydrogen) atoms. The molecule has 5 heteroatoms. The molecule has 92 valence electrons. The average Bonchev–Trinajstić information content (AvgIpc) is 2.35. The maximum absolute atomic E-state index is 12.1. The third kappa shape index (κ3) is 2.68. The zero-order valence-corrected chi connectivity index (χ0v) is 11.4. The molecule has 3 N–H and O–H groups in total. The van der Waals surface area contributed by atoms with Gasteiger partial charge in [0, 0.05) is 18.1 Å². The van der Waals surface area contributed by atoms with Crippen LogP contribution in [-0.4, -0.2) is 10.9 Å². The third-order valence-electron chi connectivity index (χ3n) is 2.47. The monoisotopic (exact) mass is 305 g/mol. The molecule has 1 aromatic heterocycles. The molecule has 0 saturated carbocycles. The molecule has 0 aliphatic heterocycles. The molecule has 0 spiro atoms. The second kappa shape index (κ2) is 5.18. The summed E-state index contributed by atoms with van der Waals surface area (Å²) in [6.07, 6.45) is 3.23. The highest BCUT2D eigenvalue weighted by Gasteiger charge is 2.11. The summed E-state index contributed by atoms with van der Waals surface area (Å²) in [6, 6.07) is 7.08. The average molecular weight is 306 g/mol. The standard InChI is InChI=1S/C13H12BrN3O/c1-8-2-3-11(15)9(6-8)13(18)17-12-4-5-16-7-10(12)14/h2-7H,15H2,1H3,(H,16,17,18). The van der Waals surface area contributed by atoms with Crippen molar-refractivity contribution in [2.75, 3.05) is 11.1 Å². The van der Waals surface area contributed by atoms with Gasteiger partial charge in [0.15, 0.2) is 0 Å². The number of amides is 1. The maximum Gasteiger partial charge on any atom is 0.257 e. The number of nitrogens with two attached hydrogens (primary N) is 1. The van der Waals surface area contributed by atoms with E-state index < -0.39 is 0 Å². The number of halogens is 1. The minimum atomic E-state index is -0.233. The molecule has 0 aliphatic rings. The summed E-state index contributed by atoms with van der Waals surface area (Å²) in [5.41, 5.74) is 8.38. The summed E-state index contributed by atoms with van der Waals surface area (Å²) >= 11 is 3.32. The molecule has 0 unspecified atom stereocenters. The Morgan fingerprint density at radius 3 is 2.89 bits per heavy atom. The van der Waals surface area contributed by atoms with Crippen molar-refractivity contribution in [3.05, 3.63) is 52.3 Å². The van der Waals surface area contributed by atoms with E-state index in [4.69, 9.17) is 5.73 Å². The van der Waals surface area contributed by atoms with Crippen LogP contribution in [0, 0.1) is 6.92 Å². The van der Waals surface area contributed by atoms with Crippen molar-refractivity contribution < 1.29 is 4.79 Å². The SMILES string of the molecule is Cc1ccc(N)c(C(=O)Nc2ccncc2Br)c1. The Morgan fingerprint density at radius 1 is 1.39 bits per heavy atom. The quantitative estimate of drug-likeness (QED) is 0.838. The molecule has 0 bridgehead atoms. The summed E-state index contributed by atoms with van der Waals surface area (Å²) in [7, 11) is 0. The number of nitrogens with one attached hydrogen (secondary N) is 1. The molecule has 1 amide bonds. The Bertz CT molecular complexity index is 599. The highest BCUT2D eigenvalue weighted by Crippen LogP contribution is 2.22. The summed E-state index contributed by atoms with van der Waals surface area (Å²) < 4.78 is 0.726. The van der Waals surface area contributed by atoms with Gasteiger partial charge in [-0.25, -0.2) is 0 Å². The zero-order chi connectivity index (χ0) is 13.1. The fourth-order valence-corrected chi connectivity index (χ4v) is 1.88. The van der Waals surface area contributed by atoms with Crippen LogP contribution in [0.15, 0.2) is 41.1 Å². The molecule has 2 rings (SSSR count). The predicted molar refractivity (Wildman–Crippen MR) is 75.5 cm³/mol. The number of hydrogen-bond donors (Lipinski definition) is 2. The van der Waals surface area contributed by atoms with E-state index in [2.05, 4.69) is 26.2 Å². The molecule has 1 heterocycles. The number of carbonyl (C=O) groups excluding carboxylic acids is 1. The Labute approximate surface area is 113 Å². The largest absolute Gasteiger partial charge is 0.398 e. The minimum Gasteiger partial charge on any atom is -0.398 e. The first-order valence-electron chi connectivity index (χ1n) is 5.35. The number of aromatic nitrogens is 1. The normalized spacial score (nSPS) is 10.1. The van der Waals surface area contributed by atoms with Crippen molar-refractivity contribution in [3.8, 4) is 0 Å². The maximum atomic E-state index is 12.1. The van der Waals surface area contributed by atoms with E-state index in [1.807, 2.05) is 13.0 Å². The molecule has 0 radical (unpaired) electrons. The highest BCUT2D eigenvalue weighted by atomic mass is 79.9. The van der Waals surface area contributed by atoms with E-state index in [1.54, 1.807) is 30.6 Å². The van der Waals surface area contributed by atoms with E-state index in [0.717, 1.165) is 10.0 Å². The van der Waals surface area contributed by atoms with Crippen LogP contribution in [0.25, 0.3) is 0 Å². The number of hydrogen-bond acceptors (Lipinski definition) is 3. The minimum absolute atomic E-state index is 0.233. The van der Waals surface area contributed by atoms with Gasteiger partial charge in [-0.3, -0.25) is 9.78 Å². The summed E-state index contributed by atoms with van der Waals surface area (Å²) in [5, 5.41) is 2.79. The Hall–Kier alpha value is -1.88. The second-order valence-electron chi connectivity index (χ2n) is 3.90. The number of aryl methyl sites for hydroxylation is 1. The van der Waals surface area contributed by atoms with Crippen LogP contribution in [0.3, 0.4) is 0 Å². The lowest BCUT2D eigenvalue weighted by atomic mass is 10.1. The van der Waals surface area contributed by atoms with Gasteiger partial charge in [0.25, 0.3) is 5.91 Å².